The predicted octanol–water partition coefficient (Wildman–Crippen LogP) is 2.92. The summed E-state index contributed by atoms with van der Waals surface area (Å²) in [5.41, 5.74) is 2.51. The molecule has 0 saturated carbocycles. The molecule has 2 nitrogen and oxygen atoms in total. The molecule has 0 radical (unpaired) electrons. The third-order valence-electron chi connectivity index (χ3n) is 4.06. The van der Waals surface area contributed by atoms with Gasteiger partial charge in [-0.05, 0) is 41.8 Å². The summed E-state index contributed by atoms with van der Waals surface area (Å²) in [5.74, 6) is 0.696. The molecule has 3 heteroatoms. The zero-order valence-electron chi connectivity index (χ0n) is 11.5. The van der Waals surface area contributed by atoms with Crippen molar-refractivity contribution in [1.29, 1.82) is 0 Å². The number of methoxy groups -OCH3 is 1. The lowest BCUT2D eigenvalue weighted by molar-refractivity contribution is 0.274. The highest BCUT2D eigenvalue weighted by molar-refractivity contribution is 5.36. The van der Waals surface area contributed by atoms with Gasteiger partial charge in [0, 0.05) is 18.5 Å². The minimum atomic E-state index is -0.183. The molecule has 0 amide bonds. The Bertz CT molecular complexity index is 590. The summed E-state index contributed by atoms with van der Waals surface area (Å²) in [5, 5.41) is 3.34. The van der Waals surface area contributed by atoms with E-state index in [0.29, 0.717) is 0 Å². The lowest BCUT2D eigenvalue weighted by atomic mass is 9.71. The van der Waals surface area contributed by atoms with Gasteiger partial charge in [-0.2, -0.15) is 0 Å². The Hall–Kier alpha value is -1.87. The molecule has 0 spiro atoms. The Morgan fingerprint density at radius 2 is 1.90 bits per heavy atom. The Balaban J connectivity index is 1.87. The van der Waals surface area contributed by atoms with Gasteiger partial charge < -0.3 is 10.1 Å². The van der Waals surface area contributed by atoms with Crippen LogP contribution in [0.1, 0.15) is 11.1 Å². The van der Waals surface area contributed by atoms with Gasteiger partial charge in [0.15, 0.2) is 0 Å². The van der Waals surface area contributed by atoms with Crippen molar-refractivity contribution < 1.29 is 9.13 Å². The summed E-state index contributed by atoms with van der Waals surface area (Å²) in [6.45, 7) is 1.85. The first-order chi connectivity index (χ1) is 9.72. The minimum absolute atomic E-state index is 0.0695. The molecule has 3 rings (SSSR count). The van der Waals surface area contributed by atoms with Gasteiger partial charge in [-0.1, -0.05) is 24.3 Å². The molecule has 0 bridgehead atoms. The summed E-state index contributed by atoms with van der Waals surface area (Å²) in [6.07, 6.45) is 0.933. The Morgan fingerprint density at radius 1 is 1.15 bits per heavy atom. The molecular weight excluding hydrogens is 253 g/mol. The van der Waals surface area contributed by atoms with Crippen LogP contribution in [0.4, 0.5) is 4.39 Å². The monoisotopic (exact) mass is 271 g/mol. The second-order valence-corrected chi connectivity index (χ2v) is 5.42. The third-order valence-corrected chi connectivity index (χ3v) is 4.06. The van der Waals surface area contributed by atoms with Crippen LogP contribution in [0.15, 0.2) is 48.5 Å². The molecule has 20 heavy (non-hydrogen) atoms. The molecule has 0 unspecified atom stereocenters. The molecule has 0 aliphatic carbocycles. The highest BCUT2D eigenvalue weighted by Crippen LogP contribution is 2.33. The molecule has 1 N–H and O–H groups in total. The average molecular weight is 271 g/mol. The maximum atomic E-state index is 13.1. The van der Waals surface area contributed by atoms with Crippen molar-refractivity contribution in [2.24, 2.45) is 0 Å². The Morgan fingerprint density at radius 3 is 2.50 bits per heavy atom. The van der Waals surface area contributed by atoms with Crippen LogP contribution >= 0.6 is 0 Å². The molecule has 0 aromatic heterocycles. The highest BCUT2D eigenvalue weighted by Gasteiger charge is 2.38. The fraction of sp³-hybridized carbons (Fsp3) is 0.294. The topological polar surface area (TPSA) is 21.3 Å². The van der Waals surface area contributed by atoms with E-state index in [1.165, 1.54) is 11.1 Å². The molecule has 1 fully saturated rings. The number of benzene rings is 2. The minimum Gasteiger partial charge on any atom is -0.497 e. The number of rotatable bonds is 4. The molecule has 1 aliphatic rings. The van der Waals surface area contributed by atoms with Crippen molar-refractivity contribution in [1.82, 2.24) is 5.32 Å². The zero-order chi connectivity index (χ0) is 14.0. The number of hydrogen-bond donors (Lipinski definition) is 1. The fourth-order valence-electron chi connectivity index (χ4n) is 2.83. The van der Waals surface area contributed by atoms with Crippen molar-refractivity contribution in [2.45, 2.75) is 11.8 Å². The predicted molar refractivity (Wildman–Crippen MR) is 77.6 cm³/mol. The van der Waals surface area contributed by atoms with E-state index < -0.39 is 0 Å². The summed E-state index contributed by atoms with van der Waals surface area (Å²) in [4.78, 5) is 0. The molecule has 104 valence electrons. The molecule has 0 atom stereocenters. The van der Waals surface area contributed by atoms with Crippen LogP contribution in [0, 0.1) is 5.82 Å². The fourth-order valence-corrected chi connectivity index (χ4v) is 2.83. The molecule has 1 saturated heterocycles. The summed E-state index contributed by atoms with van der Waals surface area (Å²) in [6, 6.07) is 15.0. The van der Waals surface area contributed by atoms with E-state index in [2.05, 4.69) is 17.4 Å². The standard InChI is InChI=1S/C17H18FNO/c1-20-16-4-2-3-13(9-16)10-17(11-19-12-17)14-5-7-15(18)8-6-14/h2-9,19H,10-12H2,1H3. The van der Waals surface area contributed by atoms with Crippen LogP contribution in [0.25, 0.3) is 0 Å². The summed E-state index contributed by atoms with van der Waals surface area (Å²) < 4.78 is 18.4. The molecule has 1 heterocycles. The van der Waals surface area contributed by atoms with Gasteiger partial charge >= 0.3 is 0 Å². The van der Waals surface area contributed by atoms with Gasteiger partial charge in [0.05, 0.1) is 7.11 Å². The molecular formula is C17H18FNO. The average Bonchev–Trinajstić information content (AvgIpc) is 2.44. The lowest BCUT2D eigenvalue weighted by Crippen LogP contribution is -2.58. The molecule has 2 aromatic rings. The van der Waals surface area contributed by atoms with Crippen molar-refractivity contribution in [2.75, 3.05) is 20.2 Å². The van der Waals surface area contributed by atoms with Crippen molar-refractivity contribution in [3.8, 4) is 5.75 Å². The van der Waals surface area contributed by atoms with E-state index >= 15 is 0 Å². The van der Waals surface area contributed by atoms with Gasteiger partial charge in [-0.25, -0.2) is 4.39 Å². The van der Waals surface area contributed by atoms with Gasteiger partial charge in [0.2, 0.25) is 0 Å². The van der Waals surface area contributed by atoms with E-state index in [9.17, 15) is 4.39 Å². The number of ether oxygens (including phenoxy) is 1. The smallest absolute Gasteiger partial charge is 0.123 e. The SMILES string of the molecule is COc1cccc(CC2(c3ccc(F)cc3)CNC2)c1. The van der Waals surface area contributed by atoms with Crippen molar-refractivity contribution >= 4 is 0 Å². The largest absolute Gasteiger partial charge is 0.497 e. The van der Waals surface area contributed by atoms with Gasteiger partial charge in [-0.15, -0.1) is 0 Å². The van der Waals surface area contributed by atoms with Crippen LogP contribution in [-0.2, 0) is 11.8 Å². The van der Waals surface area contributed by atoms with E-state index in [4.69, 9.17) is 4.74 Å². The first-order valence-electron chi connectivity index (χ1n) is 6.82. The first kappa shape index (κ1) is 13.1. The van der Waals surface area contributed by atoms with Gasteiger partial charge in [0.1, 0.15) is 11.6 Å². The van der Waals surface area contributed by atoms with Crippen molar-refractivity contribution in [3.63, 3.8) is 0 Å². The van der Waals surface area contributed by atoms with E-state index in [0.717, 1.165) is 25.3 Å². The van der Waals surface area contributed by atoms with Crippen LogP contribution in [0.2, 0.25) is 0 Å². The molecule has 2 aromatic carbocycles. The number of hydrogen-bond acceptors (Lipinski definition) is 2. The number of halogens is 1. The quantitative estimate of drug-likeness (QED) is 0.923. The van der Waals surface area contributed by atoms with Crippen molar-refractivity contribution in [3.05, 3.63) is 65.5 Å². The Kier molecular flexibility index (Phi) is 3.45. The maximum Gasteiger partial charge on any atom is 0.123 e. The second-order valence-electron chi connectivity index (χ2n) is 5.42. The summed E-state index contributed by atoms with van der Waals surface area (Å²) in [7, 11) is 1.68. The number of nitrogens with one attached hydrogen (secondary N) is 1. The van der Waals surface area contributed by atoms with E-state index in [1.807, 2.05) is 24.3 Å². The van der Waals surface area contributed by atoms with Gasteiger partial charge in [0.25, 0.3) is 0 Å². The van der Waals surface area contributed by atoms with E-state index in [-0.39, 0.29) is 11.2 Å². The summed E-state index contributed by atoms with van der Waals surface area (Å²) >= 11 is 0. The third kappa shape index (κ3) is 2.41. The molecule has 1 aliphatic heterocycles. The van der Waals surface area contributed by atoms with E-state index in [1.54, 1.807) is 19.2 Å². The van der Waals surface area contributed by atoms with Gasteiger partial charge in [-0.3, -0.25) is 0 Å². The van der Waals surface area contributed by atoms with Crippen LogP contribution in [0.3, 0.4) is 0 Å². The van der Waals surface area contributed by atoms with Crippen LogP contribution in [-0.4, -0.2) is 20.2 Å². The zero-order valence-corrected chi connectivity index (χ0v) is 11.5. The maximum absolute atomic E-state index is 13.1. The second kappa shape index (κ2) is 5.25. The van der Waals surface area contributed by atoms with Crippen LogP contribution in [0.5, 0.6) is 5.75 Å². The Labute approximate surface area is 118 Å². The first-order valence-corrected chi connectivity index (χ1v) is 6.82. The lowest BCUT2D eigenvalue weighted by Gasteiger charge is -2.43. The normalized spacial score (nSPS) is 16.5. The van der Waals surface area contributed by atoms with Crippen LogP contribution < -0.4 is 10.1 Å². The highest BCUT2D eigenvalue weighted by atomic mass is 19.1.